The fourth-order valence-corrected chi connectivity index (χ4v) is 2.15. The van der Waals surface area contributed by atoms with Crippen LogP contribution in [0, 0.1) is 5.92 Å². The third-order valence-corrected chi connectivity index (χ3v) is 3.19. The standard InChI is InChI=1S/C11H24N2O2/c1-12-11(8-14)4-6-13-5-3-10(7-13)9-15-2/h10-12,14H,3-9H2,1-2H3. The lowest BCUT2D eigenvalue weighted by atomic mass is 10.1. The fraction of sp³-hybridized carbons (Fsp3) is 1.00. The van der Waals surface area contributed by atoms with Crippen LogP contribution in [0.15, 0.2) is 0 Å². The smallest absolute Gasteiger partial charge is 0.0585 e. The van der Waals surface area contributed by atoms with Gasteiger partial charge in [-0.1, -0.05) is 0 Å². The molecular weight excluding hydrogens is 192 g/mol. The number of likely N-dealkylation sites (N-methyl/N-ethyl adjacent to an activating group) is 1. The van der Waals surface area contributed by atoms with Crippen LogP contribution in [0.25, 0.3) is 0 Å². The molecular formula is C11H24N2O2. The molecule has 0 aromatic heterocycles. The summed E-state index contributed by atoms with van der Waals surface area (Å²) >= 11 is 0. The fourth-order valence-electron chi connectivity index (χ4n) is 2.15. The lowest BCUT2D eigenvalue weighted by molar-refractivity contribution is 0.152. The number of aliphatic hydroxyl groups excluding tert-OH is 1. The average Bonchev–Trinajstić information content (AvgIpc) is 2.68. The minimum atomic E-state index is 0.228. The number of likely N-dealkylation sites (tertiary alicyclic amines) is 1. The van der Waals surface area contributed by atoms with Crippen molar-refractivity contribution in [3.8, 4) is 0 Å². The molecule has 2 atom stereocenters. The Morgan fingerprint density at radius 3 is 3.00 bits per heavy atom. The summed E-state index contributed by atoms with van der Waals surface area (Å²) in [6.07, 6.45) is 2.27. The Bertz CT molecular complexity index is 163. The Kier molecular flexibility index (Phi) is 6.17. The molecule has 0 saturated carbocycles. The average molecular weight is 216 g/mol. The highest BCUT2D eigenvalue weighted by atomic mass is 16.5. The van der Waals surface area contributed by atoms with E-state index in [1.54, 1.807) is 7.11 Å². The summed E-state index contributed by atoms with van der Waals surface area (Å²) in [5.74, 6) is 0.706. The molecule has 2 N–H and O–H groups in total. The molecule has 0 aliphatic carbocycles. The van der Waals surface area contributed by atoms with E-state index in [4.69, 9.17) is 9.84 Å². The van der Waals surface area contributed by atoms with Crippen molar-refractivity contribution in [2.24, 2.45) is 5.92 Å². The summed E-state index contributed by atoms with van der Waals surface area (Å²) in [5, 5.41) is 12.1. The third-order valence-electron chi connectivity index (χ3n) is 3.19. The number of hydrogen-bond donors (Lipinski definition) is 2. The SMILES string of the molecule is CNC(CO)CCN1CCC(COC)C1. The highest BCUT2D eigenvalue weighted by Gasteiger charge is 2.22. The van der Waals surface area contributed by atoms with Crippen LogP contribution in [0.1, 0.15) is 12.8 Å². The van der Waals surface area contributed by atoms with Crippen molar-refractivity contribution in [2.75, 3.05) is 47.0 Å². The Morgan fingerprint density at radius 1 is 1.60 bits per heavy atom. The maximum Gasteiger partial charge on any atom is 0.0585 e. The monoisotopic (exact) mass is 216 g/mol. The van der Waals surface area contributed by atoms with Crippen LogP contribution >= 0.6 is 0 Å². The Balaban J connectivity index is 2.13. The number of nitrogens with one attached hydrogen (secondary N) is 1. The van der Waals surface area contributed by atoms with E-state index in [2.05, 4.69) is 10.2 Å². The predicted molar refractivity (Wildman–Crippen MR) is 61.0 cm³/mol. The van der Waals surface area contributed by atoms with Crippen LogP contribution in [0.2, 0.25) is 0 Å². The Labute approximate surface area is 92.6 Å². The zero-order valence-corrected chi connectivity index (χ0v) is 9.91. The predicted octanol–water partition coefficient (Wildman–Crippen LogP) is -0.0749. The maximum absolute atomic E-state index is 9.04. The lowest BCUT2D eigenvalue weighted by Crippen LogP contribution is -2.34. The lowest BCUT2D eigenvalue weighted by Gasteiger charge is -2.19. The summed E-state index contributed by atoms with van der Waals surface area (Å²) < 4.78 is 5.16. The normalized spacial score (nSPS) is 24.6. The molecule has 1 aliphatic rings. The van der Waals surface area contributed by atoms with Gasteiger partial charge in [0.1, 0.15) is 0 Å². The molecule has 0 amide bonds. The Morgan fingerprint density at radius 2 is 2.40 bits per heavy atom. The second-order valence-electron chi connectivity index (χ2n) is 4.37. The topological polar surface area (TPSA) is 44.7 Å². The number of nitrogens with zero attached hydrogens (tertiary/aromatic N) is 1. The van der Waals surface area contributed by atoms with E-state index in [9.17, 15) is 0 Å². The van der Waals surface area contributed by atoms with Crippen LogP contribution in [0.4, 0.5) is 0 Å². The van der Waals surface area contributed by atoms with Gasteiger partial charge < -0.3 is 20.1 Å². The number of methoxy groups -OCH3 is 1. The van der Waals surface area contributed by atoms with Gasteiger partial charge in [0.25, 0.3) is 0 Å². The zero-order valence-electron chi connectivity index (χ0n) is 9.91. The van der Waals surface area contributed by atoms with Crippen molar-refractivity contribution in [2.45, 2.75) is 18.9 Å². The van der Waals surface area contributed by atoms with E-state index in [1.807, 2.05) is 7.05 Å². The van der Waals surface area contributed by atoms with Crippen molar-refractivity contribution in [3.63, 3.8) is 0 Å². The zero-order chi connectivity index (χ0) is 11.1. The molecule has 0 bridgehead atoms. The summed E-state index contributed by atoms with van der Waals surface area (Å²) in [5.41, 5.74) is 0. The molecule has 0 radical (unpaired) electrons. The minimum absolute atomic E-state index is 0.228. The van der Waals surface area contributed by atoms with E-state index in [-0.39, 0.29) is 12.6 Å². The van der Waals surface area contributed by atoms with Crippen LogP contribution in [0.3, 0.4) is 0 Å². The molecule has 1 rings (SSSR count). The Hall–Kier alpha value is -0.160. The third kappa shape index (κ3) is 4.47. The van der Waals surface area contributed by atoms with Crippen molar-refractivity contribution >= 4 is 0 Å². The first-order chi connectivity index (χ1) is 7.30. The van der Waals surface area contributed by atoms with E-state index < -0.39 is 0 Å². The van der Waals surface area contributed by atoms with Crippen molar-refractivity contribution in [3.05, 3.63) is 0 Å². The van der Waals surface area contributed by atoms with Gasteiger partial charge in [0, 0.05) is 19.7 Å². The molecule has 4 heteroatoms. The van der Waals surface area contributed by atoms with Crippen molar-refractivity contribution < 1.29 is 9.84 Å². The van der Waals surface area contributed by atoms with Gasteiger partial charge in [-0.05, 0) is 38.9 Å². The van der Waals surface area contributed by atoms with Gasteiger partial charge in [0.05, 0.1) is 13.2 Å². The molecule has 2 unspecified atom stereocenters. The first-order valence-electron chi connectivity index (χ1n) is 5.79. The van der Waals surface area contributed by atoms with E-state index in [1.165, 1.54) is 13.0 Å². The summed E-state index contributed by atoms with van der Waals surface area (Å²) in [6.45, 7) is 4.51. The first kappa shape index (κ1) is 12.9. The van der Waals surface area contributed by atoms with Gasteiger partial charge in [-0.3, -0.25) is 0 Å². The molecule has 90 valence electrons. The molecule has 15 heavy (non-hydrogen) atoms. The molecule has 1 saturated heterocycles. The summed E-state index contributed by atoms with van der Waals surface area (Å²) in [6, 6.07) is 0.242. The van der Waals surface area contributed by atoms with Gasteiger partial charge in [-0.15, -0.1) is 0 Å². The van der Waals surface area contributed by atoms with E-state index in [0.29, 0.717) is 5.92 Å². The maximum atomic E-state index is 9.04. The van der Waals surface area contributed by atoms with Gasteiger partial charge in [0.2, 0.25) is 0 Å². The molecule has 0 spiro atoms. The van der Waals surface area contributed by atoms with E-state index in [0.717, 1.165) is 26.1 Å². The number of aliphatic hydroxyl groups is 1. The van der Waals surface area contributed by atoms with Crippen LogP contribution in [-0.2, 0) is 4.74 Å². The van der Waals surface area contributed by atoms with Crippen molar-refractivity contribution in [1.29, 1.82) is 0 Å². The molecule has 0 aromatic carbocycles. The van der Waals surface area contributed by atoms with E-state index >= 15 is 0 Å². The molecule has 1 fully saturated rings. The van der Waals surface area contributed by atoms with Crippen LogP contribution in [-0.4, -0.2) is 63.1 Å². The van der Waals surface area contributed by atoms with Gasteiger partial charge in [-0.2, -0.15) is 0 Å². The number of ether oxygens (including phenoxy) is 1. The number of rotatable bonds is 7. The van der Waals surface area contributed by atoms with Gasteiger partial charge in [-0.25, -0.2) is 0 Å². The highest BCUT2D eigenvalue weighted by Crippen LogP contribution is 2.16. The first-order valence-corrected chi connectivity index (χ1v) is 5.79. The second-order valence-corrected chi connectivity index (χ2v) is 4.37. The van der Waals surface area contributed by atoms with Crippen LogP contribution < -0.4 is 5.32 Å². The summed E-state index contributed by atoms with van der Waals surface area (Å²) in [4.78, 5) is 2.46. The molecule has 1 heterocycles. The second kappa shape index (κ2) is 7.17. The number of hydrogen-bond acceptors (Lipinski definition) is 4. The highest BCUT2D eigenvalue weighted by molar-refractivity contribution is 4.76. The molecule has 4 nitrogen and oxygen atoms in total. The quantitative estimate of drug-likeness (QED) is 0.625. The van der Waals surface area contributed by atoms with Crippen molar-refractivity contribution in [1.82, 2.24) is 10.2 Å². The largest absolute Gasteiger partial charge is 0.395 e. The van der Waals surface area contributed by atoms with Crippen LogP contribution in [0.5, 0.6) is 0 Å². The molecule has 1 aliphatic heterocycles. The minimum Gasteiger partial charge on any atom is -0.395 e. The van der Waals surface area contributed by atoms with Gasteiger partial charge >= 0.3 is 0 Å². The van der Waals surface area contributed by atoms with Gasteiger partial charge in [0.15, 0.2) is 0 Å². The summed E-state index contributed by atoms with van der Waals surface area (Å²) in [7, 11) is 3.67. The molecule has 0 aromatic rings.